The van der Waals surface area contributed by atoms with Gasteiger partial charge in [0.1, 0.15) is 6.33 Å². The monoisotopic (exact) mass is 328 g/mol. The standard InChI is InChI=1S/C18H24N4O2/c1-12-8-13(2)18(14(3)9-12)15(23)6-5-7-17(24)19-10-16-21-20-11-22(16)4/h8-9,11H,5-7,10H2,1-4H3,(H,19,24). The summed E-state index contributed by atoms with van der Waals surface area (Å²) in [6.45, 7) is 6.29. The minimum atomic E-state index is -0.0804. The maximum atomic E-state index is 12.4. The van der Waals surface area contributed by atoms with Crippen LogP contribution in [-0.2, 0) is 18.4 Å². The van der Waals surface area contributed by atoms with E-state index in [0.29, 0.717) is 31.6 Å². The number of carbonyl (C=O) groups is 2. The third kappa shape index (κ3) is 4.50. The van der Waals surface area contributed by atoms with Crippen molar-refractivity contribution in [1.82, 2.24) is 20.1 Å². The van der Waals surface area contributed by atoms with Crippen LogP contribution in [0.2, 0.25) is 0 Å². The predicted molar refractivity (Wildman–Crippen MR) is 91.7 cm³/mol. The highest BCUT2D eigenvalue weighted by Crippen LogP contribution is 2.19. The fourth-order valence-electron chi connectivity index (χ4n) is 2.89. The molecule has 128 valence electrons. The van der Waals surface area contributed by atoms with Crippen molar-refractivity contribution in [2.24, 2.45) is 7.05 Å². The van der Waals surface area contributed by atoms with Gasteiger partial charge in [0.2, 0.25) is 5.91 Å². The molecule has 0 aliphatic rings. The number of hydrogen-bond donors (Lipinski definition) is 1. The SMILES string of the molecule is Cc1cc(C)c(C(=O)CCCC(=O)NCc2nncn2C)c(C)c1. The largest absolute Gasteiger partial charge is 0.349 e. The molecule has 1 aromatic carbocycles. The van der Waals surface area contributed by atoms with Gasteiger partial charge >= 0.3 is 0 Å². The number of nitrogens with one attached hydrogen (secondary N) is 1. The fourth-order valence-corrected chi connectivity index (χ4v) is 2.89. The number of benzene rings is 1. The van der Waals surface area contributed by atoms with E-state index >= 15 is 0 Å². The highest BCUT2D eigenvalue weighted by Gasteiger charge is 2.13. The maximum Gasteiger partial charge on any atom is 0.220 e. The number of carbonyl (C=O) groups excluding carboxylic acids is 2. The van der Waals surface area contributed by atoms with Crippen molar-refractivity contribution in [3.63, 3.8) is 0 Å². The van der Waals surface area contributed by atoms with E-state index in [1.165, 1.54) is 0 Å². The molecule has 0 fully saturated rings. The van der Waals surface area contributed by atoms with Crippen molar-refractivity contribution < 1.29 is 9.59 Å². The van der Waals surface area contributed by atoms with Crippen LogP contribution in [-0.4, -0.2) is 26.5 Å². The first-order valence-corrected chi connectivity index (χ1v) is 8.09. The topological polar surface area (TPSA) is 76.9 Å². The van der Waals surface area contributed by atoms with Crippen LogP contribution >= 0.6 is 0 Å². The molecule has 1 heterocycles. The second kappa shape index (κ2) is 7.86. The average Bonchev–Trinajstić information content (AvgIpc) is 2.89. The molecule has 0 aliphatic heterocycles. The summed E-state index contributed by atoms with van der Waals surface area (Å²) in [6, 6.07) is 4.04. The lowest BCUT2D eigenvalue weighted by atomic mass is 9.94. The summed E-state index contributed by atoms with van der Waals surface area (Å²) in [4.78, 5) is 24.3. The van der Waals surface area contributed by atoms with Gasteiger partial charge in [-0.15, -0.1) is 10.2 Å². The lowest BCUT2D eigenvalue weighted by Crippen LogP contribution is -2.24. The first-order valence-electron chi connectivity index (χ1n) is 8.09. The zero-order valence-corrected chi connectivity index (χ0v) is 14.7. The van der Waals surface area contributed by atoms with E-state index in [0.717, 1.165) is 22.3 Å². The van der Waals surface area contributed by atoms with Crippen LogP contribution in [0.4, 0.5) is 0 Å². The Morgan fingerprint density at radius 2 is 1.79 bits per heavy atom. The number of Topliss-reactive ketones (excluding diaryl/α,β-unsaturated/α-hetero) is 1. The third-order valence-corrected chi connectivity index (χ3v) is 4.01. The molecule has 0 spiro atoms. The van der Waals surface area contributed by atoms with Crippen LogP contribution in [0.1, 0.15) is 52.1 Å². The molecule has 1 amide bonds. The van der Waals surface area contributed by atoms with Crippen LogP contribution in [0.25, 0.3) is 0 Å². The zero-order valence-electron chi connectivity index (χ0n) is 14.7. The van der Waals surface area contributed by atoms with Gasteiger partial charge in [0, 0.05) is 25.5 Å². The summed E-state index contributed by atoms with van der Waals surface area (Å²) in [5.74, 6) is 0.722. The Bertz CT molecular complexity index is 726. The molecule has 1 N–H and O–H groups in total. The van der Waals surface area contributed by atoms with E-state index in [9.17, 15) is 9.59 Å². The van der Waals surface area contributed by atoms with Crippen LogP contribution < -0.4 is 5.32 Å². The molecule has 1 aromatic heterocycles. The summed E-state index contributed by atoms with van der Waals surface area (Å²) in [5, 5.41) is 10.5. The number of rotatable bonds is 7. The van der Waals surface area contributed by atoms with E-state index in [4.69, 9.17) is 0 Å². The Labute approximate surface area is 142 Å². The minimum Gasteiger partial charge on any atom is -0.349 e. The smallest absolute Gasteiger partial charge is 0.220 e. The second-order valence-corrected chi connectivity index (χ2v) is 6.19. The van der Waals surface area contributed by atoms with Gasteiger partial charge in [-0.2, -0.15) is 0 Å². The molecule has 0 unspecified atom stereocenters. The number of aromatic nitrogens is 3. The second-order valence-electron chi connectivity index (χ2n) is 6.19. The Kier molecular flexibility index (Phi) is 5.84. The average molecular weight is 328 g/mol. The number of hydrogen-bond acceptors (Lipinski definition) is 4. The van der Waals surface area contributed by atoms with Gasteiger partial charge in [0.05, 0.1) is 6.54 Å². The van der Waals surface area contributed by atoms with Gasteiger partial charge in [0.25, 0.3) is 0 Å². The summed E-state index contributed by atoms with van der Waals surface area (Å²) in [5.41, 5.74) is 3.96. The number of nitrogens with zero attached hydrogens (tertiary/aromatic N) is 3. The Morgan fingerprint density at radius 3 is 2.38 bits per heavy atom. The molecule has 0 aliphatic carbocycles. The van der Waals surface area contributed by atoms with Gasteiger partial charge in [-0.3, -0.25) is 9.59 Å². The molecule has 6 nitrogen and oxygen atoms in total. The predicted octanol–water partition coefficient (Wildman–Crippen LogP) is 2.41. The summed E-state index contributed by atoms with van der Waals surface area (Å²) in [7, 11) is 1.83. The molecule has 2 aromatic rings. The van der Waals surface area contributed by atoms with E-state index in [-0.39, 0.29) is 11.7 Å². The van der Waals surface area contributed by atoms with Gasteiger partial charge in [-0.25, -0.2) is 0 Å². The highest BCUT2D eigenvalue weighted by molar-refractivity contribution is 5.99. The molecule has 2 rings (SSSR count). The minimum absolute atomic E-state index is 0.0804. The van der Waals surface area contributed by atoms with Gasteiger partial charge in [-0.05, 0) is 38.3 Å². The van der Waals surface area contributed by atoms with Crippen molar-refractivity contribution in [1.29, 1.82) is 0 Å². The lowest BCUT2D eigenvalue weighted by molar-refractivity contribution is -0.121. The Morgan fingerprint density at radius 1 is 1.12 bits per heavy atom. The molecule has 0 saturated heterocycles. The summed E-state index contributed by atoms with van der Waals surface area (Å²) < 4.78 is 1.76. The van der Waals surface area contributed by atoms with Gasteiger partial charge in [-0.1, -0.05) is 17.7 Å². The van der Waals surface area contributed by atoms with E-state index < -0.39 is 0 Å². The Hall–Kier alpha value is -2.50. The first-order chi connectivity index (χ1) is 11.4. The molecular formula is C18H24N4O2. The van der Waals surface area contributed by atoms with Crippen molar-refractivity contribution in [2.45, 2.75) is 46.6 Å². The molecule has 24 heavy (non-hydrogen) atoms. The normalized spacial score (nSPS) is 10.7. The van der Waals surface area contributed by atoms with Crippen LogP contribution in [0.3, 0.4) is 0 Å². The third-order valence-electron chi connectivity index (χ3n) is 4.01. The van der Waals surface area contributed by atoms with Crippen LogP contribution in [0.5, 0.6) is 0 Å². The maximum absolute atomic E-state index is 12.4. The molecular weight excluding hydrogens is 304 g/mol. The van der Waals surface area contributed by atoms with Crippen molar-refractivity contribution in [3.05, 3.63) is 46.5 Å². The molecule has 0 saturated carbocycles. The summed E-state index contributed by atoms with van der Waals surface area (Å²) >= 11 is 0. The number of amides is 1. The van der Waals surface area contributed by atoms with Crippen molar-refractivity contribution in [3.8, 4) is 0 Å². The van der Waals surface area contributed by atoms with E-state index in [1.54, 1.807) is 10.9 Å². The fraction of sp³-hybridized carbons (Fsp3) is 0.444. The van der Waals surface area contributed by atoms with Gasteiger partial charge < -0.3 is 9.88 Å². The Balaban J connectivity index is 1.80. The number of ketones is 1. The molecule has 0 bridgehead atoms. The van der Waals surface area contributed by atoms with Crippen molar-refractivity contribution in [2.75, 3.05) is 0 Å². The first kappa shape index (κ1) is 17.8. The van der Waals surface area contributed by atoms with Gasteiger partial charge in [0.15, 0.2) is 11.6 Å². The zero-order chi connectivity index (χ0) is 17.7. The lowest BCUT2D eigenvalue weighted by Gasteiger charge is -2.10. The quantitative estimate of drug-likeness (QED) is 0.792. The van der Waals surface area contributed by atoms with Crippen molar-refractivity contribution >= 4 is 11.7 Å². The molecule has 0 radical (unpaired) electrons. The number of aryl methyl sites for hydroxylation is 4. The molecule has 6 heteroatoms. The highest BCUT2D eigenvalue weighted by atomic mass is 16.1. The van der Waals surface area contributed by atoms with E-state index in [2.05, 4.69) is 15.5 Å². The van der Waals surface area contributed by atoms with Crippen LogP contribution in [0.15, 0.2) is 18.5 Å². The van der Waals surface area contributed by atoms with Crippen LogP contribution in [0, 0.1) is 20.8 Å². The molecule has 0 atom stereocenters. The van der Waals surface area contributed by atoms with E-state index in [1.807, 2.05) is 40.0 Å². The summed E-state index contributed by atoms with van der Waals surface area (Å²) in [6.07, 6.45) is 2.83.